The first kappa shape index (κ1) is 21.3. The van der Waals surface area contributed by atoms with Gasteiger partial charge in [0.2, 0.25) is 0 Å². The molecule has 1 heterocycles. The summed E-state index contributed by atoms with van der Waals surface area (Å²) in [6.07, 6.45) is 0.0557. The Kier molecular flexibility index (Phi) is 8.13. The van der Waals surface area contributed by atoms with E-state index in [1.165, 1.54) is 16.7 Å². The van der Waals surface area contributed by atoms with Crippen LogP contribution in [-0.4, -0.2) is 33.3 Å². The average Bonchev–Trinajstić information content (AvgIpc) is 2.82. The molecule has 4 heteroatoms. The first-order chi connectivity index (χ1) is 14.9. The molecule has 0 spiro atoms. The number of rotatable bonds is 9. The van der Waals surface area contributed by atoms with Gasteiger partial charge in [-0.3, -0.25) is 0 Å². The topological polar surface area (TPSA) is 27.7 Å². The van der Waals surface area contributed by atoms with E-state index in [4.69, 9.17) is 14.2 Å². The van der Waals surface area contributed by atoms with Gasteiger partial charge in [-0.25, -0.2) is 0 Å². The van der Waals surface area contributed by atoms with E-state index < -0.39 is 0 Å². The van der Waals surface area contributed by atoms with Crippen LogP contribution in [0, 0.1) is 0 Å². The van der Waals surface area contributed by atoms with Crippen LogP contribution in [0.2, 0.25) is 10.6 Å². The van der Waals surface area contributed by atoms with Crippen molar-refractivity contribution in [2.75, 3.05) is 0 Å². The summed E-state index contributed by atoms with van der Waals surface area (Å²) in [4.78, 5) is 0. The van der Waals surface area contributed by atoms with Gasteiger partial charge in [0.15, 0.2) is 0 Å². The molecule has 3 nitrogen and oxygen atoms in total. The monoisotopic (exact) mass is 468 g/mol. The van der Waals surface area contributed by atoms with E-state index in [-0.39, 0.29) is 18.3 Å². The van der Waals surface area contributed by atoms with Gasteiger partial charge >= 0.3 is 186 Å². The molecule has 0 saturated carbocycles. The fourth-order valence-corrected chi connectivity index (χ4v) is 6.01. The van der Waals surface area contributed by atoms with E-state index in [0.717, 1.165) is 10.6 Å². The van der Waals surface area contributed by atoms with Crippen molar-refractivity contribution < 1.29 is 14.2 Å². The molecule has 0 unspecified atom stereocenters. The van der Waals surface area contributed by atoms with Crippen molar-refractivity contribution in [3.05, 3.63) is 108 Å². The molecule has 0 N–H and O–H groups in total. The molecule has 0 aromatic heterocycles. The Morgan fingerprint density at radius 3 is 1.30 bits per heavy atom. The predicted molar refractivity (Wildman–Crippen MR) is 120 cm³/mol. The van der Waals surface area contributed by atoms with Gasteiger partial charge in [0.1, 0.15) is 0 Å². The third kappa shape index (κ3) is 6.28. The number of benzene rings is 3. The quantitative estimate of drug-likeness (QED) is 0.400. The SMILES string of the molecule is c1ccc(CO[C@@H]2[C@@H](OCc3ccccc3)C[Se]C[C@H]2OCc2ccccc2)cc1. The number of hydrogen-bond acceptors (Lipinski definition) is 3. The van der Waals surface area contributed by atoms with Crippen LogP contribution in [0.25, 0.3) is 0 Å². The Morgan fingerprint density at radius 1 is 0.533 bits per heavy atom. The van der Waals surface area contributed by atoms with E-state index in [2.05, 4.69) is 72.8 Å². The summed E-state index contributed by atoms with van der Waals surface area (Å²) in [5.41, 5.74) is 3.57. The van der Waals surface area contributed by atoms with Gasteiger partial charge in [0.25, 0.3) is 0 Å². The molecule has 3 aromatic rings. The Labute approximate surface area is 185 Å². The van der Waals surface area contributed by atoms with E-state index >= 15 is 0 Å². The van der Waals surface area contributed by atoms with Crippen LogP contribution in [0.1, 0.15) is 16.7 Å². The van der Waals surface area contributed by atoms with Crippen molar-refractivity contribution in [1.82, 2.24) is 0 Å². The number of ether oxygens (including phenoxy) is 3. The second-order valence-corrected chi connectivity index (χ2v) is 9.72. The third-order valence-electron chi connectivity index (χ3n) is 5.20. The summed E-state index contributed by atoms with van der Waals surface area (Å²) < 4.78 is 19.2. The maximum absolute atomic E-state index is 6.43. The summed E-state index contributed by atoms with van der Waals surface area (Å²) in [5, 5.41) is 2.12. The molecule has 4 rings (SSSR count). The Balaban J connectivity index is 1.42. The van der Waals surface area contributed by atoms with Crippen molar-refractivity contribution in [3.8, 4) is 0 Å². The summed E-state index contributed by atoms with van der Waals surface area (Å²) in [6.45, 7) is 1.80. The fraction of sp³-hybridized carbons (Fsp3) is 0.308. The summed E-state index contributed by atoms with van der Waals surface area (Å²) >= 11 is 0.495. The first-order valence-corrected chi connectivity index (χ1v) is 12.8. The van der Waals surface area contributed by atoms with Crippen molar-refractivity contribution >= 4 is 15.0 Å². The van der Waals surface area contributed by atoms with Crippen LogP contribution in [0.5, 0.6) is 0 Å². The van der Waals surface area contributed by atoms with Gasteiger partial charge in [-0.05, 0) is 0 Å². The van der Waals surface area contributed by atoms with Crippen LogP contribution >= 0.6 is 0 Å². The van der Waals surface area contributed by atoms with Crippen molar-refractivity contribution in [1.29, 1.82) is 0 Å². The molecule has 0 bridgehead atoms. The zero-order valence-corrected chi connectivity index (χ0v) is 18.8. The van der Waals surface area contributed by atoms with Gasteiger partial charge < -0.3 is 0 Å². The Bertz CT molecular complexity index is 806. The molecule has 0 aliphatic carbocycles. The first-order valence-electron chi connectivity index (χ1n) is 10.4. The normalized spacial score (nSPS) is 21.4. The van der Waals surface area contributed by atoms with Gasteiger partial charge in [-0.2, -0.15) is 0 Å². The molecule has 3 aromatic carbocycles. The zero-order chi connectivity index (χ0) is 20.4. The van der Waals surface area contributed by atoms with Gasteiger partial charge in [0, 0.05) is 0 Å². The second-order valence-electron chi connectivity index (χ2n) is 7.47. The van der Waals surface area contributed by atoms with E-state index in [1.807, 2.05) is 18.2 Å². The van der Waals surface area contributed by atoms with Crippen molar-refractivity contribution in [2.24, 2.45) is 0 Å². The maximum atomic E-state index is 6.43. The molecule has 0 radical (unpaired) electrons. The van der Waals surface area contributed by atoms with Crippen LogP contribution in [0.4, 0.5) is 0 Å². The van der Waals surface area contributed by atoms with Gasteiger partial charge in [-0.15, -0.1) is 0 Å². The summed E-state index contributed by atoms with van der Waals surface area (Å²) in [7, 11) is 0. The third-order valence-corrected chi connectivity index (χ3v) is 7.56. The molecular weight excluding hydrogens is 439 g/mol. The molecule has 1 saturated heterocycles. The van der Waals surface area contributed by atoms with Gasteiger partial charge in [-0.1, -0.05) is 0 Å². The Hall–Kier alpha value is -1.94. The van der Waals surface area contributed by atoms with Crippen LogP contribution < -0.4 is 0 Å². The van der Waals surface area contributed by atoms with E-state index in [9.17, 15) is 0 Å². The van der Waals surface area contributed by atoms with Crippen LogP contribution in [0.3, 0.4) is 0 Å². The van der Waals surface area contributed by atoms with Gasteiger partial charge in [0.05, 0.1) is 0 Å². The summed E-state index contributed by atoms with van der Waals surface area (Å²) in [6, 6.07) is 31.1. The standard InChI is InChI=1S/C26H28O3Se/c1-4-10-21(11-5-1)16-27-24-19-30-20-25(28-17-22-12-6-2-7-13-22)26(24)29-18-23-14-8-3-9-15-23/h1-15,24-26H,16-20H2/t24-,25+,26+. The minimum atomic E-state index is -0.0618. The van der Waals surface area contributed by atoms with Crippen LogP contribution in [-0.2, 0) is 34.0 Å². The molecule has 0 amide bonds. The van der Waals surface area contributed by atoms with E-state index in [0.29, 0.717) is 34.8 Å². The number of hydrogen-bond donors (Lipinski definition) is 0. The molecule has 156 valence electrons. The molecule has 1 aliphatic rings. The molecule has 30 heavy (non-hydrogen) atoms. The van der Waals surface area contributed by atoms with E-state index in [1.54, 1.807) is 0 Å². The minimum absolute atomic E-state index is 0.0587. The Morgan fingerprint density at radius 2 is 0.900 bits per heavy atom. The van der Waals surface area contributed by atoms with Crippen molar-refractivity contribution in [3.63, 3.8) is 0 Å². The molecule has 3 atom stereocenters. The fourth-order valence-electron chi connectivity index (χ4n) is 3.55. The summed E-state index contributed by atoms with van der Waals surface area (Å²) in [5.74, 6) is 0. The average molecular weight is 467 g/mol. The van der Waals surface area contributed by atoms with Crippen molar-refractivity contribution in [2.45, 2.75) is 48.8 Å². The van der Waals surface area contributed by atoms with Crippen LogP contribution in [0.15, 0.2) is 91.0 Å². The predicted octanol–water partition coefficient (Wildman–Crippen LogP) is 5.30. The molecular formula is C26H28O3Se. The second kappa shape index (κ2) is 11.5. The molecule has 1 fully saturated rings. The molecule has 1 aliphatic heterocycles. The zero-order valence-electron chi connectivity index (χ0n) is 17.1.